The quantitative estimate of drug-likeness (QED) is 0.301. The second-order valence-corrected chi connectivity index (χ2v) is 7.70. The fourth-order valence-corrected chi connectivity index (χ4v) is 3.71. The lowest BCUT2D eigenvalue weighted by Gasteiger charge is -2.13. The van der Waals surface area contributed by atoms with Gasteiger partial charge in [0.15, 0.2) is 11.5 Å². The van der Waals surface area contributed by atoms with Crippen LogP contribution in [0.5, 0.6) is 11.5 Å². The summed E-state index contributed by atoms with van der Waals surface area (Å²) in [5.74, 6) is 1.98. The van der Waals surface area contributed by atoms with E-state index in [-0.39, 0.29) is 0 Å². The summed E-state index contributed by atoms with van der Waals surface area (Å²) in [6.07, 6.45) is 0.779. The van der Waals surface area contributed by atoms with Crippen molar-refractivity contribution < 1.29 is 23.7 Å². The van der Waals surface area contributed by atoms with Crippen LogP contribution in [-0.4, -0.2) is 64.2 Å². The van der Waals surface area contributed by atoms with Crippen molar-refractivity contribution in [3.05, 3.63) is 28.8 Å². The summed E-state index contributed by atoms with van der Waals surface area (Å²) in [5, 5.41) is 0.965. The van der Waals surface area contributed by atoms with Crippen LogP contribution in [0.25, 0.3) is 10.6 Å². The van der Waals surface area contributed by atoms with Gasteiger partial charge in [0.2, 0.25) is 0 Å². The number of hydrogen-bond acceptors (Lipinski definition) is 7. The molecule has 0 fully saturated rings. The van der Waals surface area contributed by atoms with Gasteiger partial charge in [0, 0.05) is 29.9 Å². The Morgan fingerprint density at radius 1 is 0.966 bits per heavy atom. The third kappa shape index (κ3) is 8.10. The van der Waals surface area contributed by atoms with Crippen LogP contribution < -0.4 is 9.47 Å². The van der Waals surface area contributed by atoms with Gasteiger partial charge in [0.05, 0.1) is 45.3 Å². The van der Waals surface area contributed by atoms with Gasteiger partial charge in [-0.05, 0) is 32.0 Å². The predicted molar refractivity (Wildman–Crippen MR) is 117 cm³/mol. The van der Waals surface area contributed by atoms with Gasteiger partial charge >= 0.3 is 0 Å². The molecule has 0 amide bonds. The molecule has 0 N–H and O–H groups in total. The fraction of sp³-hybridized carbons (Fsp3) is 0.571. The summed E-state index contributed by atoms with van der Waals surface area (Å²) in [6, 6.07) is 5.91. The molecule has 162 valence electrons. The molecule has 2 rings (SSSR count). The first-order valence-corrected chi connectivity index (χ1v) is 11.1. The maximum absolute atomic E-state index is 5.87. The van der Waals surface area contributed by atoms with Crippen molar-refractivity contribution >= 4 is 22.9 Å². The lowest BCUT2D eigenvalue weighted by Crippen LogP contribution is -2.12. The molecule has 2 aromatic rings. The number of methoxy groups -OCH3 is 1. The van der Waals surface area contributed by atoms with Crippen molar-refractivity contribution in [2.75, 3.05) is 59.2 Å². The molecule has 0 saturated heterocycles. The fourth-order valence-electron chi connectivity index (χ4n) is 2.58. The number of halogens is 1. The minimum Gasteiger partial charge on any atom is -0.490 e. The molecule has 1 heterocycles. The summed E-state index contributed by atoms with van der Waals surface area (Å²) in [7, 11) is 1.65. The van der Waals surface area contributed by atoms with Crippen LogP contribution in [0.1, 0.15) is 17.5 Å². The zero-order chi connectivity index (χ0) is 20.9. The van der Waals surface area contributed by atoms with Crippen LogP contribution in [0, 0.1) is 6.92 Å². The minimum atomic E-state index is 0.438. The first kappa shape index (κ1) is 23.9. The van der Waals surface area contributed by atoms with E-state index in [0.717, 1.165) is 22.7 Å². The van der Waals surface area contributed by atoms with E-state index in [4.69, 9.17) is 40.3 Å². The highest BCUT2D eigenvalue weighted by molar-refractivity contribution is 7.15. The Labute approximate surface area is 182 Å². The van der Waals surface area contributed by atoms with Gasteiger partial charge in [0.25, 0.3) is 0 Å². The van der Waals surface area contributed by atoms with E-state index in [1.807, 2.05) is 25.1 Å². The standard InChI is InChI=1S/C21H30ClNO5S/c1-4-27-20-15-17(21-23-18(7-8-22)16(2)29-21)5-6-19(20)28-14-13-26-12-11-25-10-9-24-3/h5-6,15H,4,7-14H2,1-3H3. The average Bonchev–Trinajstić information content (AvgIpc) is 3.08. The van der Waals surface area contributed by atoms with E-state index in [2.05, 4.69) is 6.92 Å². The van der Waals surface area contributed by atoms with Gasteiger partial charge in [0.1, 0.15) is 11.6 Å². The highest BCUT2D eigenvalue weighted by atomic mass is 35.5. The molecule has 1 aromatic carbocycles. The number of hydrogen-bond donors (Lipinski definition) is 0. The smallest absolute Gasteiger partial charge is 0.161 e. The summed E-state index contributed by atoms with van der Waals surface area (Å²) in [5.41, 5.74) is 2.07. The van der Waals surface area contributed by atoms with Crippen molar-refractivity contribution in [2.24, 2.45) is 0 Å². The second kappa shape index (κ2) is 13.8. The van der Waals surface area contributed by atoms with Gasteiger partial charge in [-0.3, -0.25) is 0 Å². The van der Waals surface area contributed by atoms with Crippen LogP contribution >= 0.6 is 22.9 Å². The van der Waals surface area contributed by atoms with Gasteiger partial charge in [-0.25, -0.2) is 4.98 Å². The first-order valence-electron chi connectivity index (χ1n) is 9.76. The summed E-state index contributed by atoms with van der Waals surface area (Å²) >= 11 is 7.53. The first-order chi connectivity index (χ1) is 14.2. The van der Waals surface area contributed by atoms with Crippen LogP contribution in [0.4, 0.5) is 0 Å². The third-order valence-corrected chi connectivity index (χ3v) is 5.25. The molecule has 8 heteroatoms. The summed E-state index contributed by atoms with van der Waals surface area (Å²) < 4.78 is 27.4. The highest BCUT2D eigenvalue weighted by Gasteiger charge is 2.13. The average molecular weight is 444 g/mol. The summed E-state index contributed by atoms with van der Waals surface area (Å²) in [4.78, 5) is 5.92. The lowest BCUT2D eigenvalue weighted by molar-refractivity contribution is 0.0178. The van der Waals surface area contributed by atoms with E-state index in [9.17, 15) is 0 Å². The number of rotatable bonds is 15. The SMILES string of the molecule is CCOc1cc(-c2nc(CCCl)c(C)s2)ccc1OCCOCCOCCOC. The molecule has 1 aromatic heterocycles. The molecule has 0 unspecified atom stereocenters. The molecule has 0 saturated carbocycles. The number of alkyl halides is 1. The molecule has 29 heavy (non-hydrogen) atoms. The van der Waals surface area contributed by atoms with Crippen LogP contribution in [0.15, 0.2) is 18.2 Å². The van der Waals surface area contributed by atoms with Gasteiger partial charge in [-0.2, -0.15) is 0 Å². The maximum atomic E-state index is 5.87. The monoisotopic (exact) mass is 443 g/mol. The molecule has 0 bridgehead atoms. The molecule has 0 aliphatic heterocycles. The topological polar surface area (TPSA) is 59.0 Å². The Balaban J connectivity index is 1.88. The zero-order valence-electron chi connectivity index (χ0n) is 17.4. The zero-order valence-corrected chi connectivity index (χ0v) is 18.9. The lowest BCUT2D eigenvalue weighted by atomic mass is 10.2. The Morgan fingerprint density at radius 2 is 1.69 bits per heavy atom. The summed E-state index contributed by atoms with van der Waals surface area (Å²) in [6.45, 7) is 7.74. The Kier molecular flexibility index (Phi) is 11.3. The molecule has 0 atom stereocenters. The Hall–Kier alpha value is -1.38. The number of benzene rings is 1. The maximum Gasteiger partial charge on any atom is 0.161 e. The minimum absolute atomic E-state index is 0.438. The van der Waals surface area contributed by atoms with Crippen molar-refractivity contribution in [1.29, 1.82) is 0 Å². The largest absolute Gasteiger partial charge is 0.490 e. The van der Waals surface area contributed by atoms with E-state index in [1.54, 1.807) is 18.4 Å². The third-order valence-electron chi connectivity index (χ3n) is 4.00. The van der Waals surface area contributed by atoms with Crippen molar-refractivity contribution in [3.63, 3.8) is 0 Å². The van der Waals surface area contributed by atoms with Gasteiger partial charge < -0.3 is 23.7 Å². The number of aromatic nitrogens is 1. The molecule has 6 nitrogen and oxygen atoms in total. The van der Waals surface area contributed by atoms with Crippen molar-refractivity contribution in [2.45, 2.75) is 20.3 Å². The highest BCUT2D eigenvalue weighted by Crippen LogP contribution is 2.35. The molecular weight excluding hydrogens is 414 g/mol. The molecule has 0 radical (unpaired) electrons. The normalized spacial score (nSPS) is 11.0. The molecule has 0 aliphatic carbocycles. The number of ether oxygens (including phenoxy) is 5. The van der Waals surface area contributed by atoms with Gasteiger partial charge in [-0.1, -0.05) is 0 Å². The van der Waals surface area contributed by atoms with E-state index in [1.165, 1.54) is 4.88 Å². The van der Waals surface area contributed by atoms with Crippen LogP contribution in [0.2, 0.25) is 0 Å². The van der Waals surface area contributed by atoms with E-state index in [0.29, 0.717) is 63.6 Å². The Morgan fingerprint density at radius 3 is 2.38 bits per heavy atom. The van der Waals surface area contributed by atoms with Gasteiger partial charge in [-0.15, -0.1) is 22.9 Å². The van der Waals surface area contributed by atoms with Crippen LogP contribution in [-0.2, 0) is 20.6 Å². The molecule has 0 aliphatic rings. The van der Waals surface area contributed by atoms with Crippen LogP contribution in [0.3, 0.4) is 0 Å². The number of thiazole rings is 1. The van der Waals surface area contributed by atoms with Crippen molar-refractivity contribution in [3.8, 4) is 22.1 Å². The molecular formula is C21H30ClNO5S. The number of aryl methyl sites for hydroxylation is 2. The predicted octanol–water partition coefficient (Wildman–Crippen LogP) is 4.36. The second-order valence-electron chi connectivity index (χ2n) is 6.12. The van der Waals surface area contributed by atoms with E-state index >= 15 is 0 Å². The van der Waals surface area contributed by atoms with Crippen molar-refractivity contribution in [1.82, 2.24) is 4.98 Å². The molecule has 0 spiro atoms. The Bertz CT molecular complexity index is 725. The van der Waals surface area contributed by atoms with E-state index < -0.39 is 0 Å². The number of nitrogens with zero attached hydrogens (tertiary/aromatic N) is 1.